The fourth-order valence-electron chi connectivity index (χ4n) is 2.68. The number of benzene rings is 2. The van der Waals surface area contributed by atoms with Gasteiger partial charge in [0.1, 0.15) is 23.8 Å². The zero-order valence-corrected chi connectivity index (χ0v) is 16.3. The molecule has 0 saturated heterocycles. The van der Waals surface area contributed by atoms with Crippen molar-refractivity contribution in [1.82, 2.24) is 15.6 Å². The number of carbonyl (C=O) groups is 1. The number of aryl methyl sites for hydroxylation is 1. The molecule has 0 radical (unpaired) electrons. The van der Waals surface area contributed by atoms with Crippen LogP contribution < -0.4 is 14.9 Å². The lowest BCUT2D eigenvalue weighted by atomic mass is 10.1. The van der Waals surface area contributed by atoms with E-state index in [4.69, 9.17) is 9.47 Å². The van der Waals surface area contributed by atoms with Crippen LogP contribution in [0.15, 0.2) is 53.8 Å². The van der Waals surface area contributed by atoms with Crippen LogP contribution in [0.5, 0.6) is 11.5 Å². The number of aromatic nitrogens is 2. The number of nitro benzene ring substituents is 1. The van der Waals surface area contributed by atoms with Gasteiger partial charge in [-0.05, 0) is 48.9 Å². The lowest BCUT2D eigenvalue weighted by molar-refractivity contribution is -0.385. The molecular weight excluding hydrogens is 390 g/mol. The molecule has 154 valence electrons. The van der Waals surface area contributed by atoms with Crippen molar-refractivity contribution in [2.45, 2.75) is 13.5 Å². The van der Waals surface area contributed by atoms with Gasteiger partial charge in [-0.25, -0.2) is 5.43 Å². The second kappa shape index (κ2) is 9.32. The summed E-state index contributed by atoms with van der Waals surface area (Å²) in [7, 11) is 1.55. The molecule has 2 aromatic carbocycles. The highest BCUT2D eigenvalue weighted by atomic mass is 16.6. The van der Waals surface area contributed by atoms with Gasteiger partial charge in [0.2, 0.25) is 0 Å². The van der Waals surface area contributed by atoms with Gasteiger partial charge in [0.25, 0.3) is 11.6 Å². The molecule has 0 fully saturated rings. The lowest BCUT2D eigenvalue weighted by Gasteiger charge is -2.11. The van der Waals surface area contributed by atoms with E-state index in [-0.39, 0.29) is 12.3 Å². The number of ether oxygens (including phenoxy) is 2. The van der Waals surface area contributed by atoms with Gasteiger partial charge in [-0.3, -0.25) is 20.0 Å². The van der Waals surface area contributed by atoms with Crippen molar-refractivity contribution < 1.29 is 19.2 Å². The van der Waals surface area contributed by atoms with E-state index < -0.39 is 10.8 Å². The van der Waals surface area contributed by atoms with E-state index in [1.807, 2.05) is 6.07 Å². The highest BCUT2D eigenvalue weighted by Crippen LogP contribution is 2.25. The molecule has 3 aromatic rings. The fourth-order valence-corrected chi connectivity index (χ4v) is 2.68. The van der Waals surface area contributed by atoms with Crippen LogP contribution in [0.4, 0.5) is 5.69 Å². The largest absolute Gasteiger partial charge is 0.496 e. The van der Waals surface area contributed by atoms with Crippen LogP contribution >= 0.6 is 0 Å². The van der Waals surface area contributed by atoms with Crippen LogP contribution in [0.1, 0.15) is 27.2 Å². The molecule has 0 bridgehead atoms. The van der Waals surface area contributed by atoms with Gasteiger partial charge in [0.05, 0.1) is 18.2 Å². The van der Waals surface area contributed by atoms with Gasteiger partial charge < -0.3 is 9.47 Å². The van der Waals surface area contributed by atoms with Crippen molar-refractivity contribution in [3.63, 3.8) is 0 Å². The molecule has 1 amide bonds. The van der Waals surface area contributed by atoms with E-state index in [1.165, 1.54) is 24.5 Å². The van der Waals surface area contributed by atoms with Crippen LogP contribution in [0.25, 0.3) is 0 Å². The Kier molecular flexibility index (Phi) is 6.38. The smallest absolute Gasteiger partial charge is 0.289 e. The number of nitro groups is 1. The Morgan fingerprint density at radius 2 is 2.13 bits per heavy atom. The number of hydrogen-bond acceptors (Lipinski definition) is 7. The number of nitrogens with zero attached hydrogens (tertiary/aromatic N) is 3. The van der Waals surface area contributed by atoms with Crippen LogP contribution in [0.2, 0.25) is 0 Å². The minimum Gasteiger partial charge on any atom is -0.496 e. The van der Waals surface area contributed by atoms with Crippen molar-refractivity contribution in [2.24, 2.45) is 5.10 Å². The monoisotopic (exact) mass is 409 g/mol. The molecule has 0 unspecified atom stereocenters. The quantitative estimate of drug-likeness (QED) is 0.334. The molecule has 1 heterocycles. The Hall–Kier alpha value is -4.21. The van der Waals surface area contributed by atoms with Crippen molar-refractivity contribution >= 4 is 17.8 Å². The Labute approximate surface area is 171 Å². The van der Waals surface area contributed by atoms with Gasteiger partial charge in [-0.1, -0.05) is 0 Å². The SMILES string of the molecule is COc1ccc(/C=N/NC(=O)c2ccn[nH]2)cc1COc1ccc([N+](=O)[O-])c(C)c1. The number of carbonyl (C=O) groups excluding carboxylic acids is 1. The van der Waals surface area contributed by atoms with Gasteiger partial charge in [0, 0.05) is 23.4 Å². The first-order valence-corrected chi connectivity index (χ1v) is 8.85. The molecule has 0 aliphatic rings. The first-order valence-electron chi connectivity index (χ1n) is 8.85. The van der Waals surface area contributed by atoms with Crippen molar-refractivity contribution in [2.75, 3.05) is 7.11 Å². The zero-order chi connectivity index (χ0) is 21.5. The number of aromatic amines is 1. The molecule has 10 nitrogen and oxygen atoms in total. The third kappa shape index (κ3) is 4.98. The maximum atomic E-state index is 11.8. The summed E-state index contributed by atoms with van der Waals surface area (Å²) in [6, 6.07) is 11.5. The molecule has 0 aliphatic heterocycles. The standard InChI is InChI=1S/C20H19N5O5/c1-13-9-16(4-5-18(13)25(27)28)30-12-15-10-14(3-6-19(15)29-2)11-22-24-20(26)17-7-8-21-23-17/h3-11H,12H2,1-2H3,(H,21,23)(H,24,26)/b22-11+. The molecule has 10 heteroatoms. The molecule has 2 N–H and O–H groups in total. The minimum absolute atomic E-state index is 0.0373. The van der Waals surface area contributed by atoms with Crippen LogP contribution in [0, 0.1) is 17.0 Å². The van der Waals surface area contributed by atoms with E-state index in [0.29, 0.717) is 22.8 Å². The second-order valence-corrected chi connectivity index (χ2v) is 6.23. The Bertz CT molecular complexity index is 1080. The predicted molar refractivity (Wildman–Crippen MR) is 109 cm³/mol. The molecule has 30 heavy (non-hydrogen) atoms. The zero-order valence-electron chi connectivity index (χ0n) is 16.3. The van der Waals surface area contributed by atoms with Crippen molar-refractivity contribution in [3.8, 4) is 11.5 Å². The minimum atomic E-state index is -0.434. The van der Waals surface area contributed by atoms with Crippen LogP contribution in [-0.2, 0) is 6.61 Å². The summed E-state index contributed by atoms with van der Waals surface area (Å²) in [5.41, 5.74) is 4.72. The number of nitrogens with one attached hydrogen (secondary N) is 2. The maximum Gasteiger partial charge on any atom is 0.289 e. The maximum absolute atomic E-state index is 11.8. The molecule has 0 spiro atoms. The molecule has 0 saturated carbocycles. The Morgan fingerprint density at radius 3 is 2.80 bits per heavy atom. The highest BCUT2D eigenvalue weighted by molar-refractivity contribution is 5.93. The highest BCUT2D eigenvalue weighted by Gasteiger charge is 2.12. The summed E-state index contributed by atoms with van der Waals surface area (Å²) in [6.45, 7) is 1.84. The van der Waals surface area contributed by atoms with Crippen LogP contribution in [-0.4, -0.2) is 34.4 Å². The van der Waals surface area contributed by atoms with Crippen LogP contribution in [0.3, 0.4) is 0 Å². The fraction of sp³-hybridized carbons (Fsp3) is 0.150. The average molecular weight is 409 g/mol. The first kappa shape index (κ1) is 20.5. The van der Waals surface area contributed by atoms with Crippen molar-refractivity contribution in [1.29, 1.82) is 0 Å². The van der Waals surface area contributed by atoms with E-state index in [9.17, 15) is 14.9 Å². The Morgan fingerprint density at radius 1 is 1.30 bits per heavy atom. The van der Waals surface area contributed by atoms with Gasteiger partial charge in [-0.15, -0.1) is 0 Å². The number of H-pyrrole nitrogens is 1. The first-order chi connectivity index (χ1) is 14.5. The third-order valence-electron chi connectivity index (χ3n) is 4.19. The van der Waals surface area contributed by atoms with Crippen molar-refractivity contribution in [3.05, 3.63) is 81.2 Å². The second-order valence-electron chi connectivity index (χ2n) is 6.23. The number of hydrogen-bond donors (Lipinski definition) is 2. The number of methoxy groups -OCH3 is 1. The van der Waals surface area contributed by atoms with Gasteiger partial charge in [-0.2, -0.15) is 10.2 Å². The summed E-state index contributed by atoms with van der Waals surface area (Å²) < 4.78 is 11.1. The number of amides is 1. The Balaban J connectivity index is 1.68. The molecule has 3 rings (SSSR count). The van der Waals surface area contributed by atoms with Gasteiger partial charge in [0.15, 0.2) is 0 Å². The average Bonchev–Trinajstić information content (AvgIpc) is 3.27. The summed E-state index contributed by atoms with van der Waals surface area (Å²) >= 11 is 0. The topological polar surface area (TPSA) is 132 Å². The van der Waals surface area contributed by atoms with E-state index in [0.717, 1.165) is 11.1 Å². The van der Waals surface area contributed by atoms with E-state index in [1.54, 1.807) is 38.3 Å². The molecule has 0 atom stereocenters. The van der Waals surface area contributed by atoms with E-state index >= 15 is 0 Å². The van der Waals surface area contributed by atoms with E-state index in [2.05, 4.69) is 20.7 Å². The number of hydrazone groups is 1. The predicted octanol–water partition coefficient (Wildman–Crippen LogP) is 2.98. The molecule has 1 aromatic heterocycles. The van der Waals surface area contributed by atoms with Gasteiger partial charge >= 0.3 is 0 Å². The summed E-state index contributed by atoms with van der Waals surface area (Å²) in [6.07, 6.45) is 2.97. The molecular formula is C20H19N5O5. The summed E-state index contributed by atoms with van der Waals surface area (Å²) in [5, 5.41) is 21.1. The third-order valence-corrected chi connectivity index (χ3v) is 4.19. The summed E-state index contributed by atoms with van der Waals surface area (Å²) in [4.78, 5) is 22.3. The lowest BCUT2D eigenvalue weighted by Crippen LogP contribution is -2.18. The molecule has 0 aliphatic carbocycles. The summed E-state index contributed by atoms with van der Waals surface area (Å²) in [5.74, 6) is 0.715. The number of rotatable bonds is 8. The normalized spacial score (nSPS) is 10.7.